The van der Waals surface area contributed by atoms with Gasteiger partial charge in [0.1, 0.15) is 0 Å². The lowest BCUT2D eigenvalue weighted by molar-refractivity contribution is 0.0378. The van der Waals surface area contributed by atoms with E-state index in [2.05, 4.69) is 45.6 Å². The molecule has 2 aliphatic rings. The van der Waals surface area contributed by atoms with E-state index in [1.165, 1.54) is 11.1 Å². The van der Waals surface area contributed by atoms with Gasteiger partial charge in [0, 0.05) is 42.5 Å². The molecule has 200 valence electrons. The van der Waals surface area contributed by atoms with Crippen LogP contribution in [0, 0.1) is 6.92 Å². The number of anilines is 2. The zero-order chi connectivity index (χ0) is 26.6. The second-order valence-electron chi connectivity index (χ2n) is 10.5. The van der Waals surface area contributed by atoms with Crippen LogP contribution in [0.2, 0.25) is 0 Å². The van der Waals surface area contributed by atoms with Gasteiger partial charge in [-0.05, 0) is 97.3 Å². The molecule has 4 aromatic rings. The van der Waals surface area contributed by atoms with Crippen molar-refractivity contribution in [1.82, 2.24) is 14.9 Å². The number of fused-ring (bicyclic) bond motifs is 2. The van der Waals surface area contributed by atoms with Gasteiger partial charge in [-0.25, -0.2) is 9.97 Å². The Hall–Kier alpha value is -3.81. The minimum atomic E-state index is -0.0787. The molecule has 0 radical (unpaired) electrons. The number of nitrogens with one attached hydrogen (secondary N) is 2. The van der Waals surface area contributed by atoms with Crippen LogP contribution >= 0.6 is 0 Å². The number of aromatic nitrogens is 2. The summed E-state index contributed by atoms with van der Waals surface area (Å²) >= 11 is 0. The van der Waals surface area contributed by atoms with Crippen LogP contribution in [-0.2, 0) is 17.6 Å². The van der Waals surface area contributed by atoms with E-state index in [9.17, 15) is 4.79 Å². The second-order valence-corrected chi connectivity index (χ2v) is 10.5. The van der Waals surface area contributed by atoms with Crippen molar-refractivity contribution in [3.05, 3.63) is 83.0 Å². The van der Waals surface area contributed by atoms with E-state index in [-0.39, 0.29) is 5.91 Å². The molecule has 0 atom stereocenters. The van der Waals surface area contributed by atoms with Crippen LogP contribution in [0.25, 0.3) is 22.0 Å². The molecule has 3 aromatic carbocycles. The van der Waals surface area contributed by atoms with Crippen LogP contribution < -0.4 is 10.6 Å². The third kappa shape index (κ3) is 5.79. The second kappa shape index (κ2) is 11.5. The molecule has 1 aromatic heterocycles. The fourth-order valence-electron chi connectivity index (χ4n) is 5.62. The van der Waals surface area contributed by atoms with E-state index >= 15 is 0 Å². The van der Waals surface area contributed by atoms with Crippen molar-refractivity contribution in [3.63, 3.8) is 0 Å². The minimum absolute atomic E-state index is 0.0787. The molecule has 0 saturated carbocycles. The number of aryl methyl sites for hydroxylation is 2. The van der Waals surface area contributed by atoms with Gasteiger partial charge in [-0.2, -0.15) is 0 Å². The highest BCUT2D eigenvalue weighted by Gasteiger charge is 2.17. The summed E-state index contributed by atoms with van der Waals surface area (Å²) in [6.45, 7) is 7.64. The fourth-order valence-corrected chi connectivity index (χ4v) is 5.62. The highest BCUT2D eigenvalue weighted by Crippen LogP contribution is 2.31. The van der Waals surface area contributed by atoms with Crippen LogP contribution in [0.15, 0.2) is 60.8 Å². The van der Waals surface area contributed by atoms with Crippen molar-refractivity contribution >= 4 is 28.4 Å². The number of carbonyl (C=O) groups excluding carboxylic acids is 1. The Morgan fingerprint density at radius 2 is 1.95 bits per heavy atom. The maximum Gasteiger partial charge on any atom is 0.255 e. The quantitative estimate of drug-likeness (QED) is 0.299. The standard InChI is InChI=1S/C32H35N5O2/c1-22-9-10-25(31(38)35-30-8-3-6-23-5-2-7-27(23)30)20-28(22)24-11-12-29-26(19-24)21-34-32(36-29)33-13-4-14-37-15-17-39-18-16-37/h3,6,8-12,19-21H,2,4-5,7,13-18H2,1H3,(H,35,38)(H,33,34,36). The molecular weight excluding hydrogens is 486 g/mol. The zero-order valence-electron chi connectivity index (χ0n) is 22.5. The van der Waals surface area contributed by atoms with Gasteiger partial charge in [-0.15, -0.1) is 0 Å². The number of rotatable bonds is 8. The van der Waals surface area contributed by atoms with Gasteiger partial charge in [-0.3, -0.25) is 9.69 Å². The van der Waals surface area contributed by atoms with E-state index in [1.54, 1.807) is 0 Å². The van der Waals surface area contributed by atoms with E-state index in [0.717, 1.165) is 98.4 Å². The molecule has 2 N–H and O–H groups in total. The zero-order valence-corrected chi connectivity index (χ0v) is 22.5. The molecule has 0 bridgehead atoms. The molecule has 1 fully saturated rings. The Balaban J connectivity index is 1.14. The first-order chi connectivity index (χ1) is 19.1. The first-order valence-electron chi connectivity index (χ1n) is 14.0. The highest BCUT2D eigenvalue weighted by atomic mass is 16.5. The monoisotopic (exact) mass is 521 g/mol. The summed E-state index contributed by atoms with van der Waals surface area (Å²) in [7, 11) is 0. The summed E-state index contributed by atoms with van der Waals surface area (Å²) < 4.78 is 5.42. The summed E-state index contributed by atoms with van der Waals surface area (Å²) in [5, 5.41) is 7.49. The van der Waals surface area contributed by atoms with Gasteiger partial charge in [0.25, 0.3) is 5.91 Å². The molecule has 0 unspecified atom stereocenters. The summed E-state index contributed by atoms with van der Waals surface area (Å²) in [6, 6.07) is 18.3. The van der Waals surface area contributed by atoms with Crippen molar-refractivity contribution in [2.75, 3.05) is 50.0 Å². The minimum Gasteiger partial charge on any atom is -0.379 e. The van der Waals surface area contributed by atoms with Crippen LogP contribution in [0.5, 0.6) is 0 Å². The van der Waals surface area contributed by atoms with Crippen molar-refractivity contribution in [3.8, 4) is 11.1 Å². The molecule has 1 aliphatic heterocycles. The number of morpholine rings is 1. The van der Waals surface area contributed by atoms with Crippen molar-refractivity contribution < 1.29 is 9.53 Å². The number of amides is 1. The summed E-state index contributed by atoms with van der Waals surface area (Å²) in [6.07, 6.45) is 6.17. The van der Waals surface area contributed by atoms with Crippen LogP contribution in [0.4, 0.5) is 11.6 Å². The van der Waals surface area contributed by atoms with Gasteiger partial charge in [0.05, 0.1) is 18.7 Å². The number of ether oxygens (including phenoxy) is 1. The molecule has 1 amide bonds. The maximum absolute atomic E-state index is 13.2. The lowest BCUT2D eigenvalue weighted by Gasteiger charge is -2.26. The van der Waals surface area contributed by atoms with Crippen LogP contribution in [0.3, 0.4) is 0 Å². The van der Waals surface area contributed by atoms with Gasteiger partial charge >= 0.3 is 0 Å². The van der Waals surface area contributed by atoms with Gasteiger partial charge in [-0.1, -0.05) is 24.3 Å². The van der Waals surface area contributed by atoms with Gasteiger partial charge in [0.15, 0.2) is 0 Å². The Labute approximate surface area is 229 Å². The highest BCUT2D eigenvalue weighted by molar-refractivity contribution is 6.05. The maximum atomic E-state index is 13.2. The number of hydrogen-bond acceptors (Lipinski definition) is 6. The Morgan fingerprint density at radius 1 is 1.05 bits per heavy atom. The van der Waals surface area contributed by atoms with Crippen molar-refractivity contribution in [2.45, 2.75) is 32.6 Å². The molecule has 7 heteroatoms. The average molecular weight is 522 g/mol. The molecule has 39 heavy (non-hydrogen) atoms. The first kappa shape index (κ1) is 25.5. The SMILES string of the molecule is Cc1ccc(C(=O)Nc2cccc3c2CCC3)cc1-c1ccc2nc(NCCCN3CCOCC3)ncc2c1. The average Bonchev–Trinajstić information content (AvgIpc) is 3.46. The topological polar surface area (TPSA) is 79.4 Å². The normalized spacial score (nSPS) is 15.3. The van der Waals surface area contributed by atoms with Gasteiger partial charge < -0.3 is 15.4 Å². The smallest absolute Gasteiger partial charge is 0.255 e. The Morgan fingerprint density at radius 3 is 2.85 bits per heavy atom. The van der Waals surface area contributed by atoms with Crippen LogP contribution in [0.1, 0.15) is 39.9 Å². The molecule has 0 spiro atoms. The Bertz CT molecular complexity index is 1500. The van der Waals surface area contributed by atoms with Crippen molar-refractivity contribution in [2.24, 2.45) is 0 Å². The van der Waals surface area contributed by atoms with E-state index in [1.807, 2.05) is 42.6 Å². The van der Waals surface area contributed by atoms with Crippen LogP contribution in [-0.4, -0.2) is 60.2 Å². The van der Waals surface area contributed by atoms with Gasteiger partial charge in [0.2, 0.25) is 5.95 Å². The third-order valence-corrected chi connectivity index (χ3v) is 7.82. The number of carbonyl (C=O) groups is 1. The lowest BCUT2D eigenvalue weighted by atomic mass is 9.96. The summed E-state index contributed by atoms with van der Waals surface area (Å²) in [4.78, 5) is 24.9. The molecule has 6 rings (SSSR count). The predicted octanol–water partition coefficient (Wildman–Crippen LogP) is 5.48. The number of nitrogens with zero attached hydrogens (tertiary/aromatic N) is 3. The molecular formula is C32H35N5O2. The molecule has 1 aliphatic carbocycles. The summed E-state index contributed by atoms with van der Waals surface area (Å²) in [5.41, 5.74) is 8.31. The third-order valence-electron chi connectivity index (χ3n) is 7.82. The Kier molecular flexibility index (Phi) is 7.52. The lowest BCUT2D eigenvalue weighted by Crippen LogP contribution is -2.37. The van der Waals surface area contributed by atoms with E-state index < -0.39 is 0 Å². The summed E-state index contributed by atoms with van der Waals surface area (Å²) in [5.74, 6) is 0.574. The van der Waals surface area contributed by atoms with E-state index in [4.69, 9.17) is 9.72 Å². The first-order valence-corrected chi connectivity index (χ1v) is 14.0. The van der Waals surface area contributed by atoms with Crippen molar-refractivity contribution in [1.29, 1.82) is 0 Å². The molecule has 2 heterocycles. The predicted molar refractivity (Wildman–Crippen MR) is 156 cm³/mol. The largest absolute Gasteiger partial charge is 0.379 e. The number of benzene rings is 3. The number of hydrogen-bond donors (Lipinski definition) is 2. The fraction of sp³-hybridized carbons (Fsp3) is 0.344. The van der Waals surface area contributed by atoms with E-state index in [0.29, 0.717) is 11.5 Å². The molecule has 7 nitrogen and oxygen atoms in total. The molecule has 1 saturated heterocycles.